The molecule has 0 unspecified atom stereocenters. The van der Waals surface area contributed by atoms with E-state index in [0.29, 0.717) is 0 Å². The second-order valence-corrected chi connectivity index (χ2v) is 3.04. The fraction of sp³-hybridized carbons (Fsp3) is 0.286. The molecule has 1 aromatic heterocycles. The molecular weight excluding hydrogens is 146 g/mol. The number of methoxy groups -OCH3 is 1. The van der Waals surface area contributed by atoms with Crippen LogP contribution in [0.5, 0.6) is 0 Å². The van der Waals surface area contributed by atoms with E-state index in [0.717, 1.165) is 10.4 Å². The molecule has 0 fully saturated rings. The van der Waals surface area contributed by atoms with E-state index in [9.17, 15) is 0 Å². The number of nitrogens with one attached hydrogen (secondary N) is 1. The molecule has 1 N–H and O–H groups in total. The van der Waals surface area contributed by atoms with Crippen LogP contribution < -0.4 is 0 Å². The lowest BCUT2D eigenvalue weighted by Crippen LogP contribution is -2.00. The van der Waals surface area contributed by atoms with Crippen molar-refractivity contribution in [2.75, 3.05) is 7.11 Å². The SMILES string of the molecule is COC(=N)c1ccsc1C. The molecule has 0 radical (unpaired) electrons. The van der Waals surface area contributed by atoms with Crippen molar-refractivity contribution in [2.45, 2.75) is 6.92 Å². The van der Waals surface area contributed by atoms with Crippen molar-refractivity contribution in [1.82, 2.24) is 0 Å². The van der Waals surface area contributed by atoms with Gasteiger partial charge >= 0.3 is 0 Å². The lowest BCUT2D eigenvalue weighted by molar-refractivity contribution is 0.401. The van der Waals surface area contributed by atoms with Crippen LogP contribution in [0.25, 0.3) is 0 Å². The summed E-state index contributed by atoms with van der Waals surface area (Å²) in [5.74, 6) is 0.249. The molecule has 0 saturated carbocycles. The van der Waals surface area contributed by atoms with Crippen LogP contribution in [-0.4, -0.2) is 13.0 Å². The lowest BCUT2D eigenvalue weighted by Gasteiger charge is -1.98. The highest BCUT2D eigenvalue weighted by molar-refractivity contribution is 7.10. The van der Waals surface area contributed by atoms with Crippen molar-refractivity contribution in [3.63, 3.8) is 0 Å². The third kappa shape index (κ3) is 1.19. The summed E-state index contributed by atoms with van der Waals surface area (Å²) in [5, 5.41) is 9.28. The number of thiophene rings is 1. The summed E-state index contributed by atoms with van der Waals surface area (Å²) in [6, 6.07) is 1.89. The van der Waals surface area contributed by atoms with Crippen LogP contribution in [0.1, 0.15) is 10.4 Å². The summed E-state index contributed by atoms with van der Waals surface area (Å²) in [6.07, 6.45) is 0. The monoisotopic (exact) mass is 155 g/mol. The highest BCUT2D eigenvalue weighted by Gasteiger charge is 2.04. The highest BCUT2D eigenvalue weighted by Crippen LogP contribution is 2.15. The van der Waals surface area contributed by atoms with Crippen molar-refractivity contribution in [3.8, 4) is 0 Å². The Bertz CT molecular complexity index is 242. The van der Waals surface area contributed by atoms with Crippen molar-refractivity contribution >= 4 is 17.2 Å². The van der Waals surface area contributed by atoms with Crippen molar-refractivity contribution in [2.24, 2.45) is 0 Å². The lowest BCUT2D eigenvalue weighted by atomic mass is 10.3. The van der Waals surface area contributed by atoms with Gasteiger partial charge in [0.25, 0.3) is 0 Å². The molecule has 0 atom stereocenters. The molecular formula is C7H9NOS. The first kappa shape index (κ1) is 7.28. The second-order valence-electron chi connectivity index (χ2n) is 1.92. The van der Waals surface area contributed by atoms with E-state index in [1.54, 1.807) is 11.3 Å². The van der Waals surface area contributed by atoms with Crippen LogP contribution in [0.15, 0.2) is 11.4 Å². The van der Waals surface area contributed by atoms with Gasteiger partial charge in [-0.3, -0.25) is 5.41 Å². The normalized spacial score (nSPS) is 9.40. The van der Waals surface area contributed by atoms with E-state index >= 15 is 0 Å². The molecule has 0 aliphatic rings. The minimum Gasteiger partial charge on any atom is -0.481 e. The Morgan fingerprint density at radius 1 is 1.70 bits per heavy atom. The topological polar surface area (TPSA) is 33.1 Å². The Kier molecular flexibility index (Phi) is 2.06. The molecule has 0 aliphatic carbocycles. The van der Waals surface area contributed by atoms with E-state index in [-0.39, 0.29) is 5.90 Å². The van der Waals surface area contributed by atoms with Crippen LogP contribution in [0, 0.1) is 12.3 Å². The molecule has 1 heterocycles. The maximum Gasteiger partial charge on any atom is 0.214 e. The van der Waals surface area contributed by atoms with Gasteiger partial charge in [-0.15, -0.1) is 11.3 Å². The van der Waals surface area contributed by atoms with Gasteiger partial charge in [-0.1, -0.05) is 0 Å². The molecule has 0 spiro atoms. The predicted octanol–water partition coefficient (Wildman–Crippen LogP) is 2.03. The quantitative estimate of drug-likeness (QED) is 0.488. The fourth-order valence-corrected chi connectivity index (χ4v) is 1.43. The summed E-state index contributed by atoms with van der Waals surface area (Å²) < 4.78 is 4.77. The average Bonchev–Trinajstić information content (AvgIpc) is 2.34. The molecule has 0 aliphatic heterocycles. The van der Waals surface area contributed by atoms with Gasteiger partial charge in [0.1, 0.15) is 0 Å². The van der Waals surface area contributed by atoms with E-state index in [1.807, 2.05) is 18.4 Å². The maximum atomic E-state index is 7.32. The van der Waals surface area contributed by atoms with Gasteiger partial charge < -0.3 is 4.74 Å². The molecule has 54 valence electrons. The first-order chi connectivity index (χ1) is 4.75. The van der Waals surface area contributed by atoms with Crippen LogP contribution in [0.2, 0.25) is 0 Å². The van der Waals surface area contributed by atoms with Crippen molar-refractivity contribution < 1.29 is 4.74 Å². The highest BCUT2D eigenvalue weighted by atomic mass is 32.1. The van der Waals surface area contributed by atoms with E-state index in [2.05, 4.69) is 0 Å². The summed E-state index contributed by atoms with van der Waals surface area (Å²) >= 11 is 1.63. The summed E-state index contributed by atoms with van der Waals surface area (Å²) in [4.78, 5) is 1.13. The molecule has 0 amide bonds. The minimum atomic E-state index is 0.249. The summed E-state index contributed by atoms with van der Waals surface area (Å²) in [5.41, 5.74) is 0.896. The predicted molar refractivity (Wildman–Crippen MR) is 42.9 cm³/mol. The Balaban J connectivity index is 2.93. The van der Waals surface area contributed by atoms with Gasteiger partial charge in [-0.05, 0) is 18.4 Å². The molecule has 1 aromatic rings. The van der Waals surface area contributed by atoms with Crippen LogP contribution in [-0.2, 0) is 4.74 Å². The third-order valence-corrected chi connectivity index (χ3v) is 2.15. The average molecular weight is 155 g/mol. The molecule has 0 aromatic carbocycles. The molecule has 0 saturated heterocycles. The molecule has 2 nitrogen and oxygen atoms in total. The van der Waals surface area contributed by atoms with Gasteiger partial charge in [-0.2, -0.15) is 0 Å². The van der Waals surface area contributed by atoms with E-state index < -0.39 is 0 Å². The van der Waals surface area contributed by atoms with Gasteiger partial charge in [0.2, 0.25) is 5.90 Å². The molecule has 1 rings (SSSR count). The first-order valence-electron chi connectivity index (χ1n) is 2.92. The molecule has 3 heteroatoms. The van der Waals surface area contributed by atoms with Crippen LogP contribution in [0.4, 0.5) is 0 Å². The summed E-state index contributed by atoms with van der Waals surface area (Å²) in [7, 11) is 1.51. The van der Waals surface area contributed by atoms with Gasteiger partial charge in [0, 0.05) is 10.4 Å². The van der Waals surface area contributed by atoms with E-state index in [1.165, 1.54) is 7.11 Å². The smallest absolute Gasteiger partial charge is 0.214 e. The third-order valence-electron chi connectivity index (χ3n) is 1.31. The Hall–Kier alpha value is -0.830. The van der Waals surface area contributed by atoms with Crippen LogP contribution in [0.3, 0.4) is 0 Å². The van der Waals surface area contributed by atoms with Gasteiger partial charge in [0.15, 0.2) is 0 Å². The Morgan fingerprint density at radius 2 is 2.40 bits per heavy atom. The minimum absolute atomic E-state index is 0.249. The largest absolute Gasteiger partial charge is 0.481 e. The second kappa shape index (κ2) is 2.84. The van der Waals surface area contributed by atoms with Crippen molar-refractivity contribution in [3.05, 3.63) is 21.9 Å². The van der Waals surface area contributed by atoms with Gasteiger partial charge in [-0.25, -0.2) is 0 Å². The number of hydrogen-bond acceptors (Lipinski definition) is 3. The number of hydrogen-bond donors (Lipinski definition) is 1. The molecule has 0 bridgehead atoms. The maximum absolute atomic E-state index is 7.32. The zero-order valence-corrected chi connectivity index (χ0v) is 6.79. The Labute approximate surface area is 64.0 Å². The van der Waals surface area contributed by atoms with E-state index in [4.69, 9.17) is 10.1 Å². The van der Waals surface area contributed by atoms with Crippen LogP contribution >= 0.6 is 11.3 Å². The fourth-order valence-electron chi connectivity index (χ4n) is 0.730. The number of rotatable bonds is 1. The summed E-state index contributed by atoms with van der Waals surface area (Å²) in [6.45, 7) is 1.98. The first-order valence-corrected chi connectivity index (χ1v) is 3.80. The van der Waals surface area contributed by atoms with Crippen molar-refractivity contribution in [1.29, 1.82) is 5.41 Å². The number of aryl methyl sites for hydroxylation is 1. The Morgan fingerprint density at radius 3 is 2.80 bits per heavy atom. The number of ether oxygens (including phenoxy) is 1. The zero-order chi connectivity index (χ0) is 7.56. The molecule has 10 heavy (non-hydrogen) atoms. The zero-order valence-electron chi connectivity index (χ0n) is 5.97. The standard InChI is InChI=1S/C7H9NOS/c1-5-6(3-4-10-5)7(8)9-2/h3-4,8H,1-2H3. The van der Waals surface area contributed by atoms with Gasteiger partial charge in [0.05, 0.1) is 7.11 Å².